The first kappa shape index (κ1) is 11.3. The molecule has 1 amide bonds. The minimum absolute atomic E-state index is 0.0294. The van der Waals surface area contributed by atoms with E-state index in [0.717, 1.165) is 4.47 Å². The van der Waals surface area contributed by atoms with E-state index in [1.165, 1.54) is 17.7 Å². The number of nitrogens with one attached hydrogen (secondary N) is 1. The van der Waals surface area contributed by atoms with Crippen LogP contribution in [0.3, 0.4) is 0 Å². The first-order valence-electron chi connectivity index (χ1n) is 4.51. The van der Waals surface area contributed by atoms with E-state index >= 15 is 0 Å². The van der Waals surface area contributed by atoms with Gasteiger partial charge in [0, 0.05) is 11.5 Å². The Morgan fingerprint density at radius 3 is 3.06 bits per heavy atom. The highest BCUT2D eigenvalue weighted by molar-refractivity contribution is 9.10. The first-order valence-corrected chi connectivity index (χ1v) is 6.18. The van der Waals surface area contributed by atoms with Gasteiger partial charge in [-0.3, -0.25) is 9.89 Å². The van der Waals surface area contributed by atoms with Gasteiger partial charge in [-0.2, -0.15) is 5.10 Å². The van der Waals surface area contributed by atoms with Crippen LogP contribution in [0, 0.1) is 0 Å². The molecule has 0 aliphatic rings. The average molecular weight is 301 g/mol. The third-order valence-corrected chi connectivity index (χ3v) is 3.84. The number of nitrogens with zero attached hydrogens (tertiary/aromatic N) is 3. The van der Waals surface area contributed by atoms with Crippen LogP contribution in [0.2, 0.25) is 0 Å². The second-order valence-corrected chi connectivity index (χ2v) is 4.96. The number of H-pyrrole nitrogens is 1. The first-order chi connectivity index (χ1) is 7.68. The Kier molecular flexibility index (Phi) is 3.35. The maximum atomic E-state index is 12.0. The van der Waals surface area contributed by atoms with Crippen molar-refractivity contribution >= 4 is 33.2 Å². The zero-order valence-corrected chi connectivity index (χ0v) is 10.9. The lowest BCUT2D eigenvalue weighted by Crippen LogP contribution is -2.26. The maximum absolute atomic E-state index is 12.0. The number of carbonyl (C=O) groups is 1. The Hall–Kier alpha value is -1.21. The van der Waals surface area contributed by atoms with E-state index in [2.05, 4.69) is 31.1 Å². The van der Waals surface area contributed by atoms with E-state index in [9.17, 15) is 4.79 Å². The fraction of sp³-hybridized carbons (Fsp3) is 0.222. The number of amides is 1. The van der Waals surface area contributed by atoms with Crippen molar-refractivity contribution in [2.45, 2.75) is 6.54 Å². The van der Waals surface area contributed by atoms with Crippen LogP contribution in [0.25, 0.3) is 0 Å². The van der Waals surface area contributed by atoms with Gasteiger partial charge in [-0.05, 0) is 27.4 Å². The van der Waals surface area contributed by atoms with Crippen molar-refractivity contribution in [1.82, 2.24) is 20.1 Å². The van der Waals surface area contributed by atoms with Crippen LogP contribution in [0.4, 0.5) is 0 Å². The second-order valence-electron chi connectivity index (χ2n) is 3.19. The molecule has 0 bridgehead atoms. The lowest BCUT2D eigenvalue weighted by molar-refractivity contribution is 0.0785. The Morgan fingerprint density at radius 2 is 2.50 bits per heavy atom. The van der Waals surface area contributed by atoms with Gasteiger partial charge in [-0.25, -0.2) is 4.98 Å². The predicted molar refractivity (Wildman–Crippen MR) is 64.2 cm³/mol. The number of carbonyl (C=O) groups excluding carboxylic acids is 1. The Morgan fingerprint density at radius 1 is 1.69 bits per heavy atom. The topological polar surface area (TPSA) is 61.9 Å². The van der Waals surface area contributed by atoms with Crippen LogP contribution >= 0.6 is 27.3 Å². The lowest BCUT2D eigenvalue weighted by atomic mass is 10.4. The molecule has 0 fully saturated rings. The fourth-order valence-electron chi connectivity index (χ4n) is 1.22. The molecule has 0 saturated carbocycles. The number of hydrogen-bond donors (Lipinski definition) is 1. The molecule has 84 valence electrons. The molecule has 2 aromatic heterocycles. The summed E-state index contributed by atoms with van der Waals surface area (Å²) in [6.45, 7) is 0.420. The summed E-state index contributed by atoms with van der Waals surface area (Å²) in [5, 5.41) is 8.33. The van der Waals surface area contributed by atoms with Crippen LogP contribution in [0.5, 0.6) is 0 Å². The molecule has 7 heteroatoms. The molecule has 16 heavy (non-hydrogen) atoms. The molecule has 0 aliphatic heterocycles. The van der Waals surface area contributed by atoms with E-state index in [-0.39, 0.29) is 5.91 Å². The quantitative estimate of drug-likeness (QED) is 0.942. The van der Waals surface area contributed by atoms with Crippen LogP contribution in [-0.4, -0.2) is 33.0 Å². The van der Waals surface area contributed by atoms with Gasteiger partial charge in [0.15, 0.2) is 0 Å². The highest BCUT2D eigenvalue weighted by Gasteiger charge is 2.16. The van der Waals surface area contributed by atoms with Crippen molar-refractivity contribution < 1.29 is 4.79 Å². The van der Waals surface area contributed by atoms with Gasteiger partial charge in [-0.15, -0.1) is 11.3 Å². The van der Waals surface area contributed by atoms with Gasteiger partial charge < -0.3 is 4.90 Å². The van der Waals surface area contributed by atoms with E-state index in [4.69, 9.17) is 0 Å². The molecule has 0 saturated heterocycles. The van der Waals surface area contributed by atoms with Crippen molar-refractivity contribution in [2.24, 2.45) is 0 Å². The molecule has 0 radical (unpaired) electrons. The number of thiophene rings is 1. The van der Waals surface area contributed by atoms with Crippen molar-refractivity contribution in [1.29, 1.82) is 0 Å². The largest absolute Gasteiger partial charge is 0.333 e. The Labute approximate surface area is 105 Å². The van der Waals surface area contributed by atoms with Gasteiger partial charge in [0.1, 0.15) is 17.0 Å². The zero-order chi connectivity index (χ0) is 11.5. The zero-order valence-electron chi connectivity index (χ0n) is 8.48. The summed E-state index contributed by atoms with van der Waals surface area (Å²) < 4.78 is 0.826. The van der Waals surface area contributed by atoms with Crippen molar-refractivity contribution in [3.63, 3.8) is 0 Å². The summed E-state index contributed by atoms with van der Waals surface area (Å²) in [4.78, 5) is 18.3. The smallest absolute Gasteiger partial charge is 0.265 e. The lowest BCUT2D eigenvalue weighted by Gasteiger charge is -2.14. The summed E-state index contributed by atoms with van der Waals surface area (Å²) in [7, 11) is 1.73. The van der Waals surface area contributed by atoms with Gasteiger partial charge in [0.2, 0.25) is 0 Å². The molecule has 0 spiro atoms. The molecular formula is C9H9BrN4OS. The third-order valence-electron chi connectivity index (χ3n) is 2.01. The Bertz CT molecular complexity index is 481. The second kappa shape index (κ2) is 4.75. The number of hydrogen-bond acceptors (Lipinski definition) is 4. The summed E-state index contributed by atoms with van der Waals surface area (Å²) in [6.07, 6.45) is 1.43. The maximum Gasteiger partial charge on any atom is 0.265 e. The number of aromatic amines is 1. The van der Waals surface area contributed by atoms with Crippen LogP contribution in [0.15, 0.2) is 22.2 Å². The molecule has 5 nitrogen and oxygen atoms in total. The Balaban J connectivity index is 2.08. The normalized spacial score (nSPS) is 10.4. The molecule has 0 aromatic carbocycles. The third kappa shape index (κ3) is 2.30. The predicted octanol–water partition coefficient (Wildman–Crippen LogP) is 1.90. The molecular weight excluding hydrogens is 292 g/mol. The monoisotopic (exact) mass is 300 g/mol. The summed E-state index contributed by atoms with van der Waals surface area (Å²) in [5.41, 5.74) is 0. The molecule has 0 atom stereocenters. The average Bonchev–Trinajstić information content (AvgIpc) is 2.88. The molecule has 1 N–H and O–H groups in total. The minimum atomic E-state index is -0.0294. The summed E-state index contributed by atoms with van der Waals surface area (Å²) in [6, 6.07) is 1.86. The van der Waals surface area contributed by atoms with Crippen LogP contribution in [-0.2, 0) is 6.54 Å². The van der Waals surface area contributed by atoms with E-state index < -0.39 is 0 Å². The minimum Gasteiger partial charge on any atom is -0.333 e. The van der Waals surface area contributed by atoms with E-state index in [0.29, 0.717) is 17.2 Å². The van der Waals surface area contributed by atoms with Crippen LogP contribution in [0.1, 0.15) is 15.5 Å². The van der Waals surface area contributed by atoms with Gasteiger partial charge in [0.25, 0.3) is 5.91 Å². The highest BCUT2D eigenvalue weighted by atomic mass is 79.9. The van der Waals surface area contributed by atoms with E-state index in [1.54, 1.807) is 11.9 Å². The molecule has 2 rings (SSSR count). The van der Waals surface area contributed by atoms with E-state index in [1.807, 2.05) is 11.4 Å². The molecule has 0 unspecified atom stereocenters. The molecule has 2 aromatic rings. The summed E-state index contributed by atoms with van der Waals surface area (Å²) >= 11 is 4.75. The fourth-order valence-corrected chi connectivity index (χ4v) is 2.76. The number of rotatable bonds is 3. The van der Waals surface area contributed by atoms with Crippen LogP contribution < -0.4 is 0 Å². The van der Waals surface area contributed by atoms with Crippen molar-refractivity contribution in [3.8, 4) is 0 Å². The van der Waals surface area contributed by atoms with Gasteiger partial charge in [-0.1, -0.05) is 0 Å². The van der Waals surface area contributed by atoms with Crippen molar-refractivity contribution in [3.05, 3.63) is 32.9 Å². The standard InChI is InChI=1S/C9H9BrN4OS/c1-14(4-7-11-5-12-13-7)9(15)8-6(10)2-3-16-8/h2-3,5H,4H2,1H3,(H,11,12,13). The number of aromatic nitrogens is 3. The summed E-state index contributed by atoms with van der Waals surface area (Å²) in [5.74, 6) is 0.641. The highest BCUT2D eigenvalue weighted by Crippen LogP contribution is 2.24. The molecule has 2 heterocycles. The SMILES string of the molecule is CN(Cc1ncn[nH]1)C(=O)c1sccc1Br. The molecule has 0 aliphatic carbocycles. The number of halogens is 1. The van der Waals surface area contributed by atoms with Gasteiger partial charge in [0.05, 0.1) is 6.54 Å². The van der Waals surface area contributed by atoms with Gasteiger partial charge >= 0.3 is 0 Å². The van der Waals surface area contributed by atoms with Crippen molar-refractivity contribution in [2.75, 3.05) is 7.05 Å².